The van der Waals surface area contributed by atoms with Gasteiger partial charge in [-0.25, -0.2) is 4.79 Å². The highest BCUT2D eigenvalue weighted by Gasteiger charge is 2.19. The predicted molar refractivity (Wildman–Crippen MR) is 89.0 cm³/mol. The summed E-state index contributed by atoms with van der Waals surface area (Å²) in [5.74, 6) is 0.155. The lowest BCUT2D eigenvalue weighted by Crippen LogP contribution is -2.39. The summed E-state index contributed by atoms with van der Waals surface area (Å²) in [6.07, 6.45) is 0. The topological polar surface area (TPSA) is 54.9 Å². The van der Waals surface area contributed by atoms with Crippen molar-refractivity contribution in [3.05, 3.63) is 54.7 Å². The standard InChI is InChI=1S/C15H16BrClN2O2/c1-8(2)9(3)19-14(20)12(13(17)18-15(19)21)10-4-6-11(16)7-5-10/h4-9H,1-3H3,(H,18,21). The molecule has 0 radical (unpaired) electrons. The van der Waals surface area contributed by atoms with E-state index < -0.39 is 5.69 Å². The predicted octanol–water partition coefficient (Wildman–Crippen LogP) is 3.84. The highest BCUT2D eigenvalue weighted by molar-refractivity contribution is 9.10. The van der Waals surface area contributed by atoms with Crippen LogP contribution in [0, 0.1) is 5.92 Å². The zero-order chi connectivity index (χ0) is 15.7. The summed E-state index contributed by atoms with van der Waals surface area (Å²) in [6.45, 7) is 5.77. The summed E-state index contributed by atoms with van der Waals surface area (Å²) in [5, 5.41) is 0.0690. The van der Waals surface area contributed by atoms with E-state index in [9.17, 15) is 9.59 Å². The van der Waals surface area contributed by atoms with E-state index in [1.807, 2.05) is 32.9 Å². The fourth-order valence-corrected chi connectivity index (χ4v) is 2.59. The molecule has 6 heteroatoms. The Balaban J connectivity index is 2.73. The van der Waals surface area contributed by atoms with Gasteiger partial charge in [-0.05, 0) is 30.5 Å². The van der Waals surface area contributed by atoms with Crippen LogP contribution in [-0.2, 0) is 0 Å². The van der Waals surface area contributed by atoms with E-state index in [1.54, 1.807) is 12.1 Å². The SMILES string of the molecule is CC(C)C(C)n1c(=O)[nH]c(Cl)c(-c2ccc(Br)cc2)c1=O. The van der Waals surface area contributed by atoms with Crippen molar-refractivity contribution in [2.24, 2.45) is 5.92 Å². The number of hydrogen-bond acceptors (Lipinski definition) is 2. The molecule has 112 valence electrons. The fraction of sp³-hybridized carbons (Fsp3) is 0.333. The van der Waals surface area contributed by atoms with Crippen LogP contribution in [-0.4, -0.2) is 9.55 Å². The summed E-state index contributed by atoms with van der Waals surface area (Å²) < 4.78 is 2.14. The number of rotatable bonds is 3. The molecular formula is C15H16BrClN2O2. The second-order valence-corrected chi connectivity index (χ2v) is 6.58. The molecule has 0 aliphatic rings. The maximum atomic E-state index is 12.7. The van der Waals surface area contributed by atoms with Gasteiger partial charge in [0.05, 0.1) is 5.56 Å². The largest absolute Gasteiger partial charge is 0.329 e. The monoisotopic (exact) mass is 370 g/mol. The zero-order valence-electron chi connectivity index (χ0n) is 12.0. The molecule has 1 atom stereocenters. The molecule has 21 heavy (non-hydrogen) atoms. The number of nitrogens with one attached hydrogen (secondary N) is 1. The normalized spacial score (nSPS) is 12.7. The molecule has 0 amide bonds. The molecule has 0 saturated heterocycles. The van der Waals surface area contributed by atoms with Crippen LogP contribution < -0.4 is 11.2 Å². The van der Waals surface area contributed by atoms with E-state index in [-0.39, 0.29) is 22.7 Å². The first kappa shape index (κ1) is 16.0. The van der Waals surface area contributed by atoms with Gasteiger partial charge in [0.1, 0.15) is 5.15 Å². The van der Waals surface area contributed by atoms with Crippen molar-refractivity contribution in [2.75, 3.05) is 0 Å². The van der Waals surface area contributed by atoms with Gasteiger partial charge >= 0.3 is 5.69 Å². The summed E-state index contributed by atoms with van der Waals surface area (Å²) in [6, 6.07) is 7.01. The van der Waals surface area contributed by atoms with Gasteiger partial charge in [0.2, 0.25) is 0 Å². The molecule has 1 aromatic heterocycles. The Labute approximate surface area is 135 Å². The lowest BCUT2D eigenvalue weighted by Gasteiger charge is -2.19. The highest BCUT2D eigenvalue weighted by atomic mass is 79.9. The lowest BCUT2D eigenvalue weighted by atomic mass is 10.1. The number of aromatic nitrogens is 2. The smallest absolute Gasteiger partial charge is 0.297 e. The van der Waals surface area contributed by atoms with Crippen LogP contribution in [0.3, 0.4) is 0 Å². The van der Waals surface area contributed by atoms with Crippen LogP contribution in [0.2, 0.25) is 5.15 Å². The van der Waals surface area contributed by atoms with Crippen molar-refractivity contribution in [2.45, 2.75) is 26.8 Å². The first-order valence-electron chi connectivity index (χ1n) is 6.63. The Kier molecular flexibility index (Phi) is 4.74. The Bertz CT molecular complexity index is 763. The average molecular weight is 372 g/mol. The van der Waals surface area contributed by atoms with Gasteiger partial charge in [-0.2, -0.15) is 0 Å². The van der Waals surface area contributed by atoms with Crippen LogP contribution in [0.25, 0.3) is 11.1 Å². The van der Waals surface area contributed by atoms with Crippen LogP contribution in [0.4, 0.5) is 0 Å². The second-order valence-electron chi connectivity index (χ2n) is 5.29. The van der Waals surface area contributed by atoms with Crippen molar-refractivity contribution in [1.82, 2.24) is 9.55 Å². The maximum absolute atomic E-state index is 12.7. The minimum Gasteiger partial charge on any atom is -0.297 e. The van der Waals surface area contributed by atoms with Gasteiger partial charge in [-0.1, -0.05) is 53.5 Å². The minimum absolute atomic E-state index is 0.0690. The number of benzene rings is 1. The van der Waals surface area contributed by atoms with Gasteiger partial charge in [0, 0.05) is 10.5 Å². The molecule has 1 heterocycles. The number of hydrogen-bond donors (Lipinski definition) is 1. The third kappa shape index (κ3) is 3.14. The molecule has 0 bridgehead atoms. The van der Waals surface area contributed by atoms with Crippen molar-refractivity contribution in [1.29, 1.82) is 0 Å². The van der Waals surface area contributed by atoms with Gasteiger partial charge in [0.25, 0.3) is 5.56 Å². The first-order valence-corrected chi connectivity index (χ1v) is 7.80. The summed E-state index contributed by atoms with van der Waals surface area (Å²) in [5.41, 5.74) is 0.143. The highest BCUT2D eigenvalue weighted by Crippen LogP contribution is 2.24. The first-order chi connectivity index (χ1) is 9.82. The van der Waals surface area contributed by atoms with E-state index in [0.717, 1.165) is 4.47 Å². The van der Waals surface area contributed by atoms with Gasteiger partial charge in [0.15, 0.2) is 0 Å². The zero-order valence-corrected chi connectivity index (χ0v) is 14.3. The van der Waals surface area contributed by atoms with Gasteiger partial charge in [-0.15, -0.1) is 0 Å². The summed E-state index contributed by atoms with van der Waals surface area (Å²) >= 11 is 9.43. The van der Waals surface area contributed by atoms with Crippen LogP contribution in [0.1, 0.15) is 26.8 Å². The van der Waals surface area contributed by atoms with E-state index in [4.69, 9.17) is 11.6 Å². The van der Waals surface area contributed by atoms with Crippen molar-refractivity contribution in [3.63, 3.8) is 0 Å². The Morgan fingerprint density at radius 3 is 2.24 bits per heavy atom. The average Bonchev–Trinajstić information content (AvgIpc) is 2.40. The van der Waals surface area contributed by atoms with E-state index in [0.29, 0.717) is 11.1 Å². The Hall–Kier alpha value is -1.33. The molecule has 0 saturated carbocycles. The lowest BCUT2D eigenvalue weighted by molar-refractivity contribution is 0.385. The third-order valence-corrected chi connectivity index (χ3v) is 4.40. The second kappa shape index (κ2) is 6.20. The molecule has 0 aliphatic heterocycles. The van der Waals surface area contributed by atoms with E-state index in [2.05, 4.69) is 20.9 Å². The van der Waals surface area contributed by atoms with Gasteiger partial charge < -0.3 is 0 Å². The van der Waals surface area contributed by atoms with E-state index >= 15 is 0 Å². The minimum atomic E-state index is -0.480. The molecule has 0 aliphatic carbocycles. The molecule has 2 aromatic rings. The molecule has 1 unspecified atom stereocenters. The molecule has 1 N–H and O–H groups in total. The van der Waals surface area contributed by atoms with E-state index in [1.165, 1.54) is 4.57 Å². The van der Waals surface area contributed by atoms with Crippen LogP contribution in [0.5, 0.6) is 0 Å². The van der Waals surface area contributed by atoms with Crippen molar-refractivity contribution >= 4 is 27.5 Å². The number of nitrogens with zero attached hydrogens (tertiary/aromatic N) is 1. The fourth-order valence-electron chi connectivity index (χ4n) is 2.06. The van der Waals surface area contributed by atoms with Crippen LogP contribution >= 0.6 is 27.5 Å². The van der Waals surface area contributed by atoms with Crippen molar-refractivity contribution in [3.8, 4) is 11.1 Å². The molecule has 2 rings (SSSR count). The summed E-state index contributed by atoms with van der Waals surface area (Å²) in [7, 11) is 0. The quantitative estimate of drug-likeness (QED) is 0.834. The number of aromatic amines is 1. The molecule has 0 fully saturated rings. The Morgan fingerprint density at radius 2 is 1.71 bits per heavy atom. The summed E-state index contributed by atoms with van der Waals surface area (Å²) in [4.78, 5) is 27.3. The molecule has 0 spiro atoms. The maximum Gasteiger partial charge on any atom is 0.329 e. The van der Waals surface area contributed by atoms with Crippen molar-refractivity contribution < 1.29 is 0 Å². The molecule has 1 aromatic carbocycles. The van der Waals surface area contributed by atoms with Crippen LogP contribution in [0.15, 0.2) is 38.3 Å². The van der Waals surface area contributed by atoms with Gasteiger partial charge in [-0.3, -0.25) is 14.3 Å². The third-order valence-electron chi connectivity index (χ3n) is 3.59. The number of H-pyrrole nitrogens is 1. The number of halogens is 2. The molecular weight excluding hydrogens is 356 g/mol. The Morgan fingerprint density at radius 1 is 1.14 bits per heavy atom. The molecule has 4 nitrogen and oxygen atoms in total.